The molecule has 2 N–H and O–H groups in total. The van der Waals surface area contributed by atoms with E-state index in [1.165, 1.54) is 6.21 Å². The van der Waals surface area contributed by atoms with Gasteiger partial charge in [0.2, 0.25) is 0 Å². The van der Waals surface area contributed by atoms with E-state index in [4.69, 9.17) is 34.8 Å². The molecule has 0 saturated heterocycles. The van der Waals surface area contributed by atoms with Crippen LogP contribution in [0.15, 0.2) is 22.0 Å². The first kappa shape index (κ1) is 14.8. The molecule has 0 radical (unpaired) electrons. The second-order valence-electron chi connectivity index (χ2n) is 3.70. The number of hydrogen-bond donors (Lipinski definition) is 2. The Balaban J connectivity index is 2.25. The van der Waals surface area contributed by atoms with Crippen molar-refractivity contribution in [1.82, 2.24) is 15.2 Å². The second kappa shape index (κ2) is 6.21. The van der Waals surface area contributed by atoms with Crippen molar-refractivity contribution in [3.8, 4) is 0 Å². The fourth-order valence-electron chi connectivity index (χ4n) is 1.32. The number of aromatic nitrogens is 3. The normalized spacial score (nSPS) is 11.0. The zero-order valence-corrected chi connectivity index (χ0v) is 12.4. The summed E-state index contributed by atoms with van der Waals surface area (Å²) >= 11 is 17.9. The summed E-state index contributed by atoms with van der Waals surface area (Å²) < 4.78 is 0. The van der Waals surface area contributed by atoms with E-state index in [0.717, 1.165) is 0 Å². The summed E-state index contributed by atoms with van der Waals surface area (Å²) in [5.74, 6) is 0.235. The molecule has 0 aliphatic rings. The van der Waals surface area contributed by atoms with Gasteiger partial charge < -0.3 is 0 Å². The van der Waals surface area contributed by atoms with Gasteiger partial charge in [-0.3, -0.25) is 5.43 Å². The lowest BCUT2D eigenvalue weighted by atomic mass is 10.2. The van der Waals surface area contributed by atoms with E-state index in [-0.39, 0.29) is 5.82 Å². The molecule has 0 atom stereocenters. The van der Waals surface area contributed by atoms with Gasteiger partial charge in [0, 0.05) is 5.56 Å². The number of aromatic amines is 1. The number of nitrogens with zero attached hydrogens (tertiary/aromatic N) is 3. The van der Waals surface area contributed by atoms with Gasteiger partial charge in [-0.25, -0.2) is 9.89 Å². The van der Waals surface area contributed by atoms with Crippen molar-refractivity contribution in [3.63, 3.8) is 0 Å². The largest absolute Gasteiger partial charge is 0.363 e. The van der Waals surface area contributed by atoms with E-state index < -0.39 is 5.69 Å². The second-order valence-corrected chi connectivity index (χ2v) is 4.89. The molecular weight excluding hydrogens is 325 g/mol. The molecule has 0 unspecified atom stereocenters. The fourth-order valence-corrected chi connectivity index (χ4v) is 1.95. The maximum atomic E-state index is 11.0. The van der Waals surface area contributed by atoms with Gasteiger partial charge in [-0.05, 0) is 19.1 Å². The Labute approximate surface area is 128 Å². The number of nitrogens with one attached hydrogen (secondary N) is 2. The summed E-state index contributed by atoms with van der Waals surface area (Å²) in [6.45, 7) is 1.67. The van der Waals surface area contributed by atoms with Crippen LogP contribution in [0.25, 0.3) is 0 Å². The van der Waals surface area contributed by atoms with Crippen molar-refractivity contribution in [2.75, 3.05) is 5.43 Å². The number of hydrogen-bond acceptors (Lipinski definition) is 5. The number of H-pyrrole nitrogens is 1. The van der Waals surface area contributed by atoms with Crippen LogP contribution in [0, 0.1) is 6.92 Å². The van der Waals surface area contributed by atoms with Crippen LogP contribution in [0.2, 0.25) is 15.1 Å². The van der Waals surface area contributed by atoms with Gasteiger partial charge in [-0.2, -0.15) is 15.2 Å². The Kier molecular flexibility index (Phi) is 4.59. The Morgan fingerprint density at radius 2 is 2.00 bits per heavy atom. The van der Waals surface area contributed by atoms with Crippen molar-refractivity contribution in [2.45, 2.75) is 6.92 Å². The third-order valence-electron chi connectivity index (χ3n) is 2.32. The smallest absolute Gasteiger partial charge is 0.260 e. The van der Waals surface area contributed by atoms with Crippen LogP contribution in [0.1, 0.15) is 11.3 Å². The van der Waals surface area contributed by atoms with Crippen molar-refractivity contribution in [1.29, 1.82) is 0 Å². The zero-order chi connectivity index (χ0) is 14.7. The summed E-state index contributed by atoms with van der Waals surface area (Å²) in [5.41, 5.74) is 2.97. The first-order valence-corrected chi connectivity index (χ1v) is 6.48. The van der Waals surface area contributed by atoms with Gasteiger partial charge in [0.05, 0.1) is 21.3 Å². The maximum Gasteiger partial charge on any atom is 0.363 e. The van der Waals surface area contributed by atoms with Crippen LogP contribution in [-0.4, -0.2) is 21.4 Å². The molecule has 6 nitrogen and oxygen atoms in total. The van der Waals surface area contributed by atoms with Crippen LogP contribution in [0.5, 0.6) is 0 Å². The van der Waals surface area contributed by atoms with Crippen molar-refractivity contribution >= 4 is 46.8 Å². The molecule has 0 spiro atoms. The lowest BCUT2D eigenvalue weighted by Crippen LogP contribution is -2.15. The fraction of sp³-hybridized carbons (Fsp3) is 0.0909. The number of benzene rings is 1. The molecule has 0 aliphatic carbocycles. The highest BCUT2D eigenvalue weighted by Crippen LogP contribution is 2.29. The van der Waals surface area contributed by atoms with Gasteiger partial charge in [-0.1, -0.05) is 34.8 Å². The van der Waals surface area contributed by atoms with Crippen molar-refractivity contribution < 1.29 is 0 Å². The molecule has 0 saturated carbocycles. The first-order chi connectivity index (χ1) is 9.49. The summed E-state index contributed by atoms with van der Waals surface area (Å²) in [5, 5.41) is 10.9. The highest BCUT2D eigenvalue weighted by atomic mass is 35.5. The third kappa shape index (κ3) is 3.27. The number of hydrazone groups is 1. The predicted octanol–water partition coefficient (Wildman–Crippen LogP) is 2.88. The lowest BCUT2D eigenvalue weighted by molar-refractivity contribution is 0.879. The van der Waals surface area contributed by atoms with Crippen LogP contribution < -0.4 is 11.1 Å². The molecule has 0 fully saturated rings. The first-order valence-electron chi connectivity index (χ1n) is 5.35. The van der Waals surface area contributed by atoms with E-state index in [1.807, 2.05) is 0 Å². The molecule has 9 heteroatoms. The van der Waals surface area contributed by atoms with Crippen LogP contribution >= 0.6 is 34.8 Å². The molecule has 2 rings (SSSR count). The van der Waals surface area contributed by atoms with Gasteiger partial charge in [-0.15, -0.1) is 0 Å². The van der Waals surface area contributed by atoms with E-state index >= 15 is 0 Å². The minimum Gasteiger partial charge on any atom is -0.260 e. The van der Waals surface area contributed by atoms with E-state index in [0.29, 0.717) is 26.3 Å². The van der Waals surface area contributed by atoms with Crippen molar-refractivity contribution in [3.05, 3.63) is 48.9 Å². The highest BCUT2D eigenvalue weighted by Gasteiger charge is 2.07. The Morgan fingerprint density at radius 1 is 1.30 bits per heavy atom. The van der Waals surface area contributed by atoms with Gasteiger partial charge >= 0.3 is 5.69 Å². The van der Waals surface area contributed by atoms with Gasteiger partial charge in [0.15, 0.2) is 5.82 Å². The number of aryl methyl sites for hydroxylation is 1. The summed E-state index contributed by atoms with van der Waals surface area (Å²) in [6, 6.07) is 3.19. The Hall–Kier alpha value is -1.63. The van der Waals surface area contributed by atoms with E-state index in [1.54, 1.807) is 19.1 Å². The summed E-state index contributed by atoms with van der Waals surface area (Å²) in [6.07, 6.45) is 1.39. The van der Waals surface area contributed by atoms with Crippen LogP contribution in [0.4, 0.5) is 5.82 Å². The topological polar surface area (TPSA) is 83.0 Å². The minimum absolute atomic E-state index is 0.235. The van der Waals surface area contributed by atoms with Gasteiger partial charge in [0.1, 0.15) is 5.69 Å². The molecular formula is C11H8Cl3N5O. The molecule has 1 heterocycles. The van der Waals surface area contributed by atoms with Crippen molar-refractivity contribution in [2.24, 2.45) is 5.10 Å². The molecule has 1 aromatic carbocycles. The summed E-state index contributed by atoms with van der Waals surface area (Å²) in [7, 11) is 0. The molecule has 0 amide bonds. The van der Waals surface area contributed by atoms with E-state index in [9.17, 15) is 4.79 Å². The average molecular weight is 333 g/mol. The maximum absolute atomic E-state index is 11.0. The van der Waals surface area contributed by atoms with Crippen LogP contribution in [-0.2, 0) is 0 Å². The Morgan fingerprint density at radius 3 is 2.75 bits per heavy atom. The molecule has 0 aliphatic heterocycles. The lowest BCUT2D eigenvalue weighted by Gasteiger charge is -2.04. The monoisotopic (exact) mass is 331 g/mol. The average Bonchev–Trinajstić information content (AvgIpc) is 2.42. The quantitative estimate of drug-likeness (QED) is 0.514. The number of halogens is 3. The number of anilines is 1. The summed E-state index contributed by atoms with van der Waals surface area (Å²) in [4.78, 5) is 14.7. The molecule has 104 valence electrons. The van der Waals surface area contributed by atoms with Crippen LogP contribution in [0.3, 0.4) is 0 Å². The van der Waals surface area contributed by atoms with Gasteiger partial charge in [0.25, 0.3) is 0 Å². The highest BCUT2D eigenvalue weighted by molar-refractivity contribution is 6.45. The standard InChI is InChI=1S/C11H8Cl3N5O/c1-5-10(16-11(20)19-17-5)18-15-4-6-7(12)2-3-8(13)9(6)14/h2-4H,1H3,(H2,16,18,19,20)/b15-4-. The molecule has 0 bridgehead atoms. The minimum atomic E-state index is -0.577. The Bertz CT molecular complexity index is 728. The SMILES string of the molecule is Cc1n[nH]c(=O)nc1N/N=C\c1c(Cl)ccc(Cl)c1Cl. The molecule has 2 aromatic rings. The molecule has 1 aromatic heterocycles. The third-order valence-corrected chi connectivity index (χ3v) is 3.47. The predicted molar refractivity (Wildman–Crippen MR) is 80.1 cm³/mol. The van der Waals surface area contributed by atoms with E-state index in [2.05, 4.69) is 25.7 Å². The number of rotatable bonds is 3. The molecule has 20 heavy (non-hydrogen) atoms. The zero-order valence-electron chi connectivity index (χ0n) is 10.1.